The molecule has 1 amide bonds. The number of hydrogen-bond acceptors (Lipinski definition) is 5. The van der Waals surface area contributed by atoms with E-state index < -0.39 is 22.5 Å². The Morgan fingerprint density at radius 3 is 2.62 bits per heavy atom. The van der Waals surface area contributed by atoms with Gasteiger partial charge in [0.05, 0.1) is 24.8 Å². The highest BCUT2D eigenvalue weighted by Crippen LogP contribution is 2.10. The number of hydrogen-bond donors (Lipinski definition) is 2. The molecule has 0 aliphatic heterocycles. The van der Waals surface area contributed by atoms with E-state index >= 15 is 0 Å². The number of carbonyl (C=O) groups is 1. The van der Waals surface area contributed by atoms with Crippen molar-refractivity contribution in [2.75, 3.05) is 13.7 Å². The molecule has 8 heteroatoms. The van der Waals surface area contributed by atoms with E-state index in [1.807, 2.05) is 0 Å². The summed E-state index contributed by atoms with van der Waals surface area (Å²) in [6, 6.07) is 14.9. The fourth-order valence-corrected chi connectivity index (χ4v) is 2.79. The van der Waals surface area contributed by atoms with Crippen LogP contribution in [0.5, 0.6) is 5.75 Å². The van der Waals surface area contributed by atoms with Crippen LogP contribution in [0.25, 0.3) is 0 Å². The van der Waals surface area contributed by atoms with Gasteiger partial charge in [-0.05, 0) is 29.8 Å². The second-order valence-corrected chi connectivity index (χ2v) is 6.47. The quantitative estimate of drug-likeness (QED) is 0.579. The third kappa shape index (κ3) is 5.18. The minimum absolute atomic E-state index is 0.0951. The van der Waals surface area contributed by atoms with Crippen molar-refractivity contribution in [2.45, 2.75) is 4.90 Å². The topological polar surface area (TPSA) is 96.9 Å². The number of sulfonamides is 1. The average Bonchev–Trinajstić information content (AvgIpc) is 2.61. The van der Waals surface area contributed by atoms with Gasteiger partial charge < -0.3 is 4.74 Å². The van der Waals surface area contributed by atoms with Crippen LogP contribution in [0.1, 0.15) is 5.56 Å². The van der Waals surface area contributed by atoms with Crippen LogP contribution >= 0.6 is 0 Å². The van der Waals surface area contributed by atoms with Crippen LogP contribution in [0.4, 0.5) is 0 Å². The van der Waals surface area contributed by atoms with Crippen molar-refractivity contribution >= 4 is 22.1 Å². The molecule has 0 spiro atoms. The number of nitrogens with one attached hydrogen (secondary N) is 2. The van der Waals surface area contributed by atoms with Crippen molar-refractivity contribution in [3.63, 3.8) is 0 Å². The van der Waals surface area contributed by atoms with Crippen LogP contribution in [0.3, 0.4) is 0 Å². The first kappa shape index (κ1) is 17.6. The molecule has 0 atom stereocenters. The van der Waals surface area contributed by atoms with Crippen LogP contribution in [-0.4, -0.2) is 34.2 Å². The van der Waals surface area contributed by atoms with Gasteiger partial charge >= 0.3 is 0 Å². The number of rotatable bonds is 7. The molecule has 2 rings (SSSR count). The van der Waals surface area contributed by atoms with E-state index in [-0.39, 0.29) is 4.90 Å². The zero-order valence-electron chi connectivity index (χ0n) is 13.0. The van der Waals surface area contributed by atoms with Gasteiger partial charge in [0.1, 0.15) is 5.75 Å². The molecule has 0 saturated heterocycles. The van der Waals surface area contributed by atoms with E-state index in [9.17, 15) is 13.2 Å². The monoisotopic (exact) mass is 347 g/mol. The maximum atomic E-state index is 12.0. The highest BCUT2D eigenvalue weighted by molar-refractivity contribution is 7.89. The Labute approximate surface area is 140 Å². The summed E-state index contributed by atoms with van der Waals surface area (Å²) in [5, 5.41) is 3.78. The van der Waals surface area contributed by atoms with E-state index in [0.29, 0.717) is 5.75 Å². The molecule has 126 valence electrons. The minimum atomic E-state index is -3.72. The van der Waals surface area contributed by atoms with Gasteiger partial charge in [0.15, 0.2) is 0 Å². The molecular weight excluding hydrogens is 330 g/mol. The Kier molecular flexibility index (Phi) is 6.05. The second kappa shape index (κ2) is 8.23. The SMILES string of the molecule is COc1cccc(C=NNC(=O)CNS(=O)(=O)c2ccccc2)c1. The normalized spacial score (nSPS) is 11.4. The van der Waals surface area contributed by atoms with Crippen molar-refractivity contribution < 1.29 is 17.9 Å². The maximum Gasteiger partial charge on any atom is 0.255 e. The summed E-state index contributed by atoms with van der Waals surface area (Å²) in [5.74, 6) is 0.0922. The molecule has 0 fully saturated rings. The fourth-order valence-electron chi connectivity index (χ4n) is 1.78. The van der Waals surface area contributed by atoms with Gasteiger partial charge in [-0.3, -0.25) is 4.79 Å². The van der Waals surface area contributed by atoms with Crippen molar-refractivity contribution in [1.29, 1.82) is 0 Å². The third-order valence-electron chi connectivity index (χ3n) is 2.97. The molecule has 7 nitrogen and oxygen atoms in total. The molecule has 0 radical (unpaired) electrons. The molecule has 0 bridgehead atoms. The molecular formula is C16H17N3O4S. The molecule has 2 N–H and O–H groups in total. The molecule has 0 aliphatic carbocycles. The number of methoxy groups -OCH3 is 1. The lowest BCUT2D eigenvalue weighted by molar-refractivity contribution is -0.119. The van der Waals surface area contributed by atoms with Crippen LogP contribution in [-0.2, 0) is 14.8 Å². The summed E-state index contributed by atoms with van der Waals surface area (Å²) < 4.78 is 31.2. The highest BCUT2D eigenvalue weighted by atomic mass is 32.2. The summed E-state index contributed by atoms with van der Waals surface area (Å²) >= 11 is 0. The van der Waals surface area contributed by atoms with Gasteiger partial charge in [0.2, 0.25) is 10.0 Å². The molecule has 2 aromatic carbocycles. The second-order valence-electron chi connectivity index (χ2n) is 4.71. The molecule has 0 aliphatic rings. The summed E-state index contributed by atoms with van der Waals surface area (Å²) in [7, 11) is -2.17. The Bertz CT molecular complexity index is 820. The van der Waals surface area contributed by atoms with E-state index in [1.165, 1.54) is 18.3 Å². The summed E-state index contributed by atoms with van der Waals surface area (Å²) in [4.78, 5) is 11.8. The molecule has 24 heavy (non-hydrogen) atoms. The van der Waals surface area contributed by atoms with Crippen molar-refractivity contribution in [2.24, 2.45) is 5.10 Å². The smallest absolute Gasteiger partial charge is 0.255 e. The molecule has 0 aromatic heterocycles. The predicted octanol–water partition coefficient (Wildman–Crippen LogP) is 1.12. The van der Waals surface area contributed by atoms with Crippen LogP contribution in [0.15, 0.2) is 64.6 Å². The number of nitrogens with zero attached hydrogens (tertiary/aromatic N) is 1. The zero-order chi connectivity index (χ0) is 17.4. The Morgan fingerprint density at radius 1 is 1.17 bits per heavy atom. The summed E-state index contributed by atoms with van der Waals surface area (Å²) in [6.07, 6.45) is 1.44. The van der Waals surface area contributed by atoms with E-state index in [2.05, 4.69) is 15.2 Å². The first-order valence-electron chi connectivity index (χ1n) is 7.02. The first-order valence-corrected chi connectivity index (χ1v) is 8.50. The lowest BCUT2D eigenvalue weighted by atomic mass is 10.2. The van der Waals surface area contributed by atoms with Crippen LogP contribution in [0, 0.1) is 0 Å². The van der Waals surface area contributed by atoms with Crippen LogP contribution in [0.2, 0.25) is 0 Å². The number of hydrazone groups is 1. The summed E-state index contributed by atoms with van der Waals surface area (Å²) in [5.41, 5.74) is 2.99. The van der Waals surface area contributed by atoms with E-state index in [4.69, 9.17) is 4.74 Å². The Morgan fingerprint density at radius 2 is 1.92 bits per heavy atom. The van der Waals surface area contributed by atoms with Crippen molar-refractivity contribution in [1.82, 2.24) is 10.1 Å². The third-order valence-corrected chi connectivity index (χ3v) is 4.39. The molecule has 2 aromatic rings. The standard InChI is InChI=1S/C16H17N3O4S/c1-23-14-7-5-6-13(10-14)11-17-19-16(20)12-18-24(21,22)15-8-3-2-4-9-15/h2-11,18H,12H2,1H3,(H,19,20). The van der Waals surface area contributed by atoms with Crippen molar-refractivity contribution in [3.8, 4) is 5.75 Å². The Hall–Kier alpha value is -2.71. The van der Waals surface area contributed by atoms with Gasteiger partial charge in [0, 0.05) is 0 Å². The van der Waals surface area contributed by atoms with Crippen LogP contribution < -0.4 is 14.9 Å². The predicted molar refractivity (Wildman–Crippen MR) is 90.4 cm³/mol. The lowest BCUT2D eigenvalue weighted by Crippen LogP contribution is -2.34. The molecule has 0 heterocycles. The average molecular weight is 347 g/mol. The summed E-state index contributed by atoms with van der Waals surface area (Å²) in [6.45, 7) is -0.410. The molecule has 0 saturated carbocycles. The van der Waals surface area contributed by atoms with Gasteiger partial charge in [-0.25, -0.2) is 18.6 Å². The van der Waals surface area contributed by atoms with E-state index in [0.717, 1.165) is 5.56 Å². The van der Waals surface area contributed by atoms with Gasteiger partial charge in [-0.2, -0.15) is 5.10 Å². The lowest BCUT2D eigenvalue weighted by Gasteiger charge is -2.05. The number of ether oxygens (including phenoxy) is 1. The highest BCUT2D eigenvalue weighted by Gasteiger charge is 2.14. The fraction of sp³-hybridized carbons (Fsp3) is 0.125. The first-order chi connectivity index (χ1) is 11.5. The number of amides is 1. The zero-order valence-corrected chi connectivity index (χ0v) is 13.8. The van der Waals surface area contributed by atoms with Crippen molar-refractivity contribution in [3.05, 3.63) is 60.2 Å². The van der Waals surface area contributed by atoms with Gasteiger partial charge in [-0.15, -0.1) is 0 Å². The minimum Gasteiger partial charge on any atom is -0.497 e. The Balaban J connectivity index is 1.86. The van der Waals surface area contributed by atoms with Gasteiger partial charge in [0.25, 0.3) is 5.91 Å². The molecule has 0 unspecified atom stereocenters. The van der Waals surface area contributed by atoms with E-state index in [1.54, 1.807) is 49.6 Å². The van der Waals surface area contributed by atoms with Gasteiger partial charge in [-0.1, -0.05) is 30.3 Å². The number of benzene rings is 2. The largest absolute Gasteiger partial charge is 0.497 e. The maximum absolute atomic E-state index is 12.0. The number of carbonyl (C=O) groups excluding carboxylic acids is 1.